The van der Waals surface area contributed by atoms with Gasteiger partial charge in [-0.2, -0.15) is 14.0 Å². The van der Waals surface area contributed by atoms with Crippen LogP contribution in [0.2, 0.25) is 0 Å². The first-order chi connectivity index (χ1) is 9.11. The Labute approximate surface area is 109 Å². The molecule has 0 spiro atoms. The van der Waals surface area contributed by atoms with Crippen molar-refractivity contribution >= 4 is 5.97 Å². The number of unbranched alkanes of at least 4 members (excludes halogenated alkanes) is 1. The largest absolute Gasteiger partial charge is 0.465 e. The van der Waals surface area contributed by atoms with Crippen LogP contribution in [0.4, 0.5) is 8.78 Å². The highest BCUT2D eigenvalue weighted by Crippen LogP contribution is 2.15. The lowest BCUT2D eigenvalue weighted by atomic mass is 10.1. The third-order valence-corrected chi connectivity index (χ3v) is 2.19. The molecule has 4 nitrogen and oxygen atoms in total. The number of carbonyl (C=O) groups is 1. The first kappa shape index (κ1) is 14.9. The Bertz CT molecular complexity index is 440. The molecule has 0 saturated carbocycles. The van der Waals surface area contributed by atoms with E-state index in [1.165, 1.54) is 24.3 Å². The standard InChI is InChI=1S/C13H13F2NO3/c14-13(15)19-11-5-3-10(4-6-11)9-12(17)18-8-2-1-7-16/h3-6,13H,1-2,8-9H2. The summed E-state index contributed by atoms with van der Waals surface area (Å²) in [6, 6.07) is 7.72. The van der Waals surface area contributed by atoms with E-state index in [0.29, 0.717) is 18.4 Å². The molecule has 0 heterocycles. The molecule has 0 radical (unpaired) electrons. The summed E-state index contributed by atoms with van der Waals surface area (Å²) in [5.74, 6) is -0.374. The summed E-state index contributed by atoms with van der Waals surface area (Å²) < 4.78 is 32.9. The number of alkyl halides is 2. The summed E-state index contributed by atoms with van der Waals surface area (Å²) >= 11 is 0. The van der Waals surface area contributed by atoms with E-state index in [2.05, 4.69) is 4.74 Å². The Kier molecular flexibility index (Phi) is 6.30. The van der Waals surface area contributed by atoms with Crippen LogP contribution in [0.15, 0.2) is 24.3 Å². The second-order valence-corrected chi connectivity index (χ2v) is 3.68. The second-order valence-electron chi connectivity index (χ2n) is 3.68. The van der Waals surface area contributed by atoms with Crippen LogP contribution in [0.3, 0.4) is 0 Å². The van der Waals surface area contributed by atoms with Crippen molar-refractivity contribution in [2.24, 2.45) is 0 Å². The van der Waals surface area contributed by atoms with Crippen LogP contribution < -0.4 is 4.74 Å². The fourth-order valence-corrected chi connectivity index (χ4v) is 1.34. The molecule has 0 amide bonds. The van der Waals surface area contributed by atoms with Crippen LogP contribution >= 0.6 is 0 Å². The van der Waals surface area contributed by atoms with Crippen LogP contribution in [0, 0.1) is 11.3 Å². The minimum atomic E-state index is -2.86. The molecule has 0 unspecified atom stereocenters. The van der Waals surface area contributed by atoms with Gasteiger partial charge in [-0.05, 0) is 24.1 Å². The van der Waals surface area contributed by atoms with Gasteiger partial charge in [0, 0.05) is 6.42 Å². The summed E-state index contributed by atoms with van der Waals surface area (Å²) in [5, 5.41) is 8.30. The maximum absolute atomic E-state index is 11.9. The molecule has 19 heavy (non-hydrogen) atoms. The predicted octanol–water partition coefficient (Wildman–Crippen LogP) is 2.68. The SMILES string of the molecule is N#CCCCOC(=O)Cc1ccc(OC(F)F)cc1. The number of halogens is 2. The lowest BCUT2D eigenvalue weighted by Gasteiger charge is -2.06. The summed E-state index contributed by atoms with van der Waals surface area (Å²) in [6.45, 7) is -2.66. The Hall–Kier alpha value is -2.16. The molecule has 1 rings (SSSR count). The fraction of sp³-hybridized carbons (Fsp3) is 0.385. The van der Waals surface area contributed by atoms with Gasteiger partial charge in [0.1, 0.15) is 5.75 Å². The Morgan fingerprint density at radius 2 is 2.00 bits per heavy atom. The van der Waals surface area contributed by atoms with E-state index in [0.717, 1.165) is 0 Å². The Balaban J connectivity index is 2.36. The molecule has 0 N–H and O–H groups in total. The highest BCUT2D eigenvalue weighted by molar-refractivity contribution is 5.72. The average Bonchev–Trinajstić information content (AvgIpc) is 2.36. The van der Waals surface area contributed by atoms with Crippen molar-refractivity contribution in [1.82, 2.24) is 0 Å². The van der Waals surface area contributed by atoms with Crippen LogP contribution in [-0.4, -0.2) is 19.2 Å². The van der Waals surface area contributed by atoms with Crippen LogP contribution in [0.5, 0.6) is 5.75 Å². The van der Waals surface area contributed by atoms with E-state index < -0.39 is 12.6 Å². The van der Waals surface area contributed by atoms with Gasteiger partial charge < -0.3 is 9.47 Å². The zero-order chi connectivity index (χ0) is 14.1. The van der Waals surface area contributed by atoms with Crippen molar-refractivity contribution in [3.8, 4) is 11.8 Å². The number of hydrogen-bond acceptors (Lipinski definition) is 4. The van der Waals surface area contributed by atoms with E-state index >= 15 is 0 Å². The molecule has 0 aliphatic carbocycles. The van der Waals surface area contributed by atoms with E-state index in [4.69, 9.17) is 10.00 Å². The predicted molar refractivity (Wildman–Crippen MR) is 62.6 cm³/mol. The van der Waals surface area contributed by atoms with Gasteiger partial charge in [0.2, 0.25) is 0 Å². The number of rotatable bonds is 7. The van der Waals surface area contributed by atoms with Crippen molar-refractivity contribution in [2.75, 3.05) is 6.61 Å². The monoisotopic (exact) mass is 269 g/mol. The summed E-state index contributed by atoms with van der Waals surface area (Å²) in [6.07, 6.45) is 0.901. The molecular weight excluding hydrogens is 256 g/mol. The number of ether oxygens (including phenoxy) is 2. The molecule has 0 atom stereocenters. The zero-order valence-corrected chi connectivity index (χ0v) is 10.1. The Morgan fingerprint density at radius 3 is 2.58 bits per heavy atom. The maximum Gasteiger partial charge on any atom is 0.387 e. The molecule has 0 bridgehead atoms. The fourth-order valence-electron chi connectivity index (χ4n) is 1.34. The highest BCUT2D eigenvalue weighted by atomic mass is 19.3. The number of hydrogen-bond donors (Lipinski definition) is 0. The number of esters is 1. The molecule has 0 fully saturated rings. The quantitative estimate of drug-likeness (QED) is 0.564. The number of carbonyl (C=O) groups excluding carboxylic acids is 1. The molecule has 0 aromatic heterocycles. The lowest BCUT2D eigenvalue weighted by molar-refractivity contribution is -0.142. The number of nitrogens with zero attached hydrogens (tertiary/aromatic N) is 1. The number of nitriles is 1. The van der Waals surface area contributed by atoms with E-state index in [-0.39, 0.29) is 18.8 Å². The molecular formula is C13H13F2NO3. The van der Waals surface area contributed by atoms with E-state index in [9.17, 15) is 13.6 Å². The highest BCUT2D eigenvalue weighted by Gasteiger charge is 2.07. The Morgan fingerprint density at radius 1 is 1.32 bits per heavy atom. The van der Waals surface area contributed by atoms with Gasteiger partial charge in [0.15, 0.2) is 0 Å². The van der Waals surface area contributed by atoms with Gasteiger partial charge >= 0.3 is 12.6 Å². The van der Waals surface area contributed by atoms with Gasteiger partial charge in [-0.25, -0.2) is 0 Å². The van der Waals surface area contributed by atoms with Crippen LogP contribution in [0.1, 0.15) is 18.4 Å². The first-order valence-electron chi connectivity index (χ1n) is 5.68. The zero-order valence-electron chi connectivity index (χ0n) is 10.1. The molecule has 1 aromatic rings. The summed E-state index contributed by atoms with van der Waals surface area (Å²) in [5.41, 5.74) is 0.645. The van der Waals surface area contributed by atoms with Crippen molar-refractivity contribution in [1.29, 1.82) is 5.26 Å². The van der Waals surface area contributed by atoms with Gasteiger partial charge in [-0.15, -0.1) is 0 Å². The molecule has 6 heteroatoms. The molecule has 0 saturated heterocycles. The molecule has 0 aliphatic rings. The lowest BCUT2D eigenvalue weighted by Crippen LogP contribution is -2.09. The van der Waals surface area contributed by atoms with Crippen molar-refractivity contribution in [3.05, 3.63) is 29.8 Å². The van der Waals surface area contributed by atoms with E-state index in [1.54, 1.807) is 0 Å². The smallest absolute Gasteiger partial charge is 0.387 e. The number of benzene rings is 1. The minimum absolute atomic E-state index is 0.0427. The van der Waals surface area contributed by atoms with Gasteiger partial charge in [0.05, 0.1) is 19.1 Å². The van der Waals surface area contributed by atoms with Gasteiger partial charge in [-0.1, -0.05) is 12.1 Å². The molecule has 0 aliphatic heterocycles. The second kappa shape index (κ2) is 8.03. The normalized spacial score (nSPS) is 10.0. The van der Waals surface area contributed by atoms with E-state index in [1.807, 2.05) is 6.07 Å². The van der Waals surface area contributed by atoms with Crippen LogP contribution in [0.25, 0.3) is 0 Å². The molecule has 102 valence electrons. The maximum atomic E-state index is 11.9. The summed E-state index contributed by atoms with van der Waals surface area (Å²) in [4.78, 5) is 11.4. The third-order valence-electron chi connectivity index (χ3n) is 2.19. The van der Waals surface area contributed by atoms with Gasteiger partial charge in [-0.3, -0.25) is 4.79 Å². The van der Waals surface area contributed by atoms with Crippen LogP contribution in [-0.2, 0) is 16.0 Å². The van der Waals surface area contributed by atoms with Crippen molar-refractivity contribution < 1.29 is 23.0 Å². The first-order valence-corrected chi connectivity index (χ1v) is 5.68. The third kappa shape index (κ3) is 6.36. The minimum Gasteiger partial charge on any atom is -0.465 e. The van der Waals surface area contributed by atoms with Crippen molar-refractivity contribution in [2.45, 2.75) is 25.9 Å². The molecule has 1 aromatic carbocycles. The summed E-state index contributed by atoms with van der Waals surface area (Å²) in [7, 11) is 0. The average molecular weight is 269 g/mol. The van der Waals surface area contributed by atoms with Crippen molar-refractivity contribution in [3.63, 3.8) is 0 Å². The van der Waals surface area contributed by atoms with Gasteiger partial charge in [0.25, 0.3) is 0 Å². The topological polar surface area (TPSA) is 59.3 Å².